The van der Waals surface area contributed by atoms with Crippen molar-refractivity contribution in [2.24, 2.45) is 0 Å². The largest absolute Gasteiger partial charge is 0.497 e. The van der Waals surface area contributed by atoms with Gasteiger partial charge >= 0.3 is 0 Å². The molecular formula is C13H19FO2. The monoisotopic (exact) mass is 226 g/mol. The number of hydrogen-bond donors (Lipinski definition) is 0. The van der Waals surface area contributed by atoms with Crippen LogP contribution in [-0.4, -0.2) is 19.9 Å². The Labute approximate surface area is 96.4 Å². The van der Waals surface area contributed by atoms with Gasteiger partial charge in [-0.2, -0.15) is 0 Å². The number of rotatable bonds is 5. The quantitative estimate of drug-likeness (QED) is 0.764. The van der Waals surface area contributed by atoms with Gasteiger partial charge in [0.05, 0.1) is 13.2 Å². The summed E-state index contributed by atoms with van der Waals surface area (Å²) in [6, 6.07) is 7.51. The van der Waals surface area contributed by atoms with E-state index in [-0.39, 0.29) is 6.10 Å². The molecule has 1 atom stereocenters. The number of ether oxygens (including phenoxy) is 2. The number of benzene rings is 1. The van der Waals surface area contributed by atoms with Crippen molar-refractivity contribution in [1.82, 2.24) is 0 Å². The summed E-state index contributed by atoms with van der Waals surface area (Å²) < 4.78 is 23.9. The van der Waals surface area contributed by atoms with Gasteiger partial charge in [-0.1, -0.05) is 12.1 Å². The molecule has 16 heavy (non-hydrogen) atoms. The molecular weight excluding hydrogens is 207 g/mol. The van der Waals surface area contributed by atoms with Gasteiger partial charge in [-0.05, 0) is 31.5 Å². The minimum absolute atomic E-state index is 0.217. The summed E-state index contributed by atoms with van der Waals surface area (Å²) in [5.74, 6) is 0.790. The van der Waals surface area contributed by atoms with Crippen LogP contribution in [0.4, 0.5) is 4.39 Å². The van der Waals surface area contributed by atoms with E-state index in [1.165, 1.54) is 0 Å². The van der Waals surface area contributed by atoms with E-state index in [0.29, 0.717) is 6.42 Å². The Kier molecular flexibility index (Phi) is 4.30. The van der Waals surface area contributed by atoms with Crippen LogP contribution < -0.4 is 4.74 Å². The Morgan fingerprint density at radius 3 is 2.12 bits per heavy atom. The molecule has 90 valence electrons. The smallest absolute Gasteiger partial charge is 0.118 e. The highest BCUT2D eigenvalue weighted by molar-refractivity contribution is 5.28. The fourth-order valence-corrected chi connectivity index (χ4v) is 1.60. The van der Waals surface area contributed by atoms with Crippen molar-refractivity contribution >= 4 is 0 Å². The van der Waals surface area contributed by atoms with Gasteiger partial charge in [-0.15, -0.1) is 0 Å². The summed E-state index contributed by atoms with van der Waals surface area (Å²) in [5, 5.41) is 0. The molecule has 3 heteroatoms. The Bertz CT molecular complexity index is 314. The third kappa shape index (κ3) is 3.81. The second-order valence-electron chi connectivity index (χ2n) is 4.42. The van der Waals surface area contributed by atoms with Crippen molar-refractivity contribution < 1.29 is 13.9 Å². The van der Waals surface area contributed by atoms with Crippen LogP contribution >= 0.6 is 0 Å². The first-order chi connectivity index (χ1) is 7.46. The van der Waals surface area contributed by atoms with E-state index in [4.69, 9.17) is 9.47 Å². The lowest BCUT2D eigenvalue weighted by atomic mass is 9.97. The fourth-order valence-electron chi connectivity index (χ4n) is 1.60. The van der Waals surface area contributed by atoms with Gasteiger partial charge in [0.2, 0.25) is 0 Å². The van der Waals surface area contributed by atoms with E-state index >= 15 is 0 Å². The number of alkyl halides is 1. The van der Waals surface area contributed by atoms with Crippen LogP contribution in [0.1, 0.15) is 31.9 Å². The highest BCUT2D eigenvalue weighted by atomic mass is 19.1. The van der Waals surface area contributed by atoms with Gasteiger partial charge in [-0.3, -0.25) is 0 Å². The molecule has 1 aromatic rings. The van der Waals surface area contributed by atoms with Crippen molar-refractivity contribution in [1.29, 1.82) is 0 Å². The molecule has 0 heterocycles. The first-order valence-electron chi connectivity index (χ1n) is 5.32. The summed E-state index contributed by atoms with van der Waals surface area (Å²) in [7, 11) is 3.22. The Balaban J connectivity index is 2.79. The summed E-state index contributed by atoms with van der Waals surface area (Å²) in [4.78, 5) is 0. The molecule has 0 amide bonds. The van der Waals surface area contributed by atoms with Crippen molar-refractivity contribution in [3.05, 3.63) is 29.8 Å². The van der Waals surface area contributed by atoms with E-state index in [2.05, 4.69) is 0 Å². The van der Waals surface area contributed by atoms with Gasteiger partial charge in [-0.25, -0.2) is 4.39 Å². The first-order valence-corrected chi connectivity index (χ1v) is 5.32. The fraction of sp³-hybridized carbons (Fsp3) is 0.538. The molecule has 0 aromatic heterocycles. The van der Waals surface area contributed by atoms with Crippen LogP contribution in [0.15, 0.2) is 24.3 Å². The molecule has 0 spiro atoms. The van der Waals surface area contributed by atoms with Crippen LogP contribution in [0, 0.1) is 0 Å². The molecule has 0 saturated heterocycles. The topological polar surface area (TPSA) is 18.5 Å². The van der Waals surface area contributed by atoms with Crippen LogP contribution in [0.5, 0.6) is 5.75 Å². The van der Waals surface area contributed by atoms with Crippen molar-refractivity contribution in [3.8, 4) is 5.75 Å². The number of hydrogen-bond acceptors (Lipinski definition) is 2. The van der Waals surface area contributed by atoms with E-state index in [0.717, 1.165) is 11.3 Å². The van der Waals surface area contributed by atoms with E-state index in [9.17, 15) is 4.39 Å². The SMILES string of the molecule is COc1ccc(C(CC(C)(C)F)OC)cc1. The lowest BCUT2D eigenvalue weighted by Crippen LogP contribution is -2.18. The lowest BCUT2D eigenvalue weighted by Gasteiger charge is -2.22. The molecule has 0 N–H and O–H groups in total. The highest BCUT2D eigenvalue weighted by Crippen LogP contribution is 2.29. The zero-order valence-corrected chi connectivity index (χ0v) is 10.3. The van der Waals surface area contributed by atoms with Gasteiger partial charge in [0.1, 0.15) is 11.4 Å². The van der Waals surface area contributed by atoms with Crippen molar-refractivity contribution in [2.75, 3.05) is 14.2 Å². The minimum atomic E-state index is -1.24. The Morgan fingerprint density at radius 1 is 1.19 bits per heavy atom. The van der Waals surface area contributed by atoms with Gasteiger partial charge in [0, 0.05) is 13.5 Å². The average molecular weight is 226 g/mol. The molecule has 0 fully saturated rings. The maximum absolute atomic E-state index is 13.6. The molecule has 0 radical (unpaired) electrons. The third-order valence-corrected chi connectivity index (χ3v) is 2.44. The van der Waals surface area contributed by atoms with Crippen molar-refractivity contribution in [2.45, 2.75) is 32.0 Å². The first kappa shape index (κ1) is 13.0. The summed E-state index contributed by atoms with van der Waals surface area (Å²) >= 11 is 0. The predicted molar refractivity (Wildman–Crippen MR) is 62.5 cm³/mol. The normalized spacial score (nSPS) is 13.6. The molecule has 0 bridgehead atoms. The lowest BCUT2D eigenvalue weighted by molar-refractivity contribution is 0.0451. The maximum Gasteiger partial charge on any atom is 0.118 e. The molecule has 0 saturated carbocycles. The molecule has 2 nitrogen and oxygen atoms in total. The van der Waals surface area contributed by atoms with Gasteiger partial charge in [0.25, 0.3) is 0 Å². The zero-order chi connectivity index (χ0) is 12.2. The van der Waals surface area contributed by atoms with Crippen LogP contribution in [0.2, 0.25) is 0 Å². The average Bonchev–Trinajstić information content (AvgIpc) is 2.25. The molecule has 1 rings (SSSR count). The third-order valence-electron chi connectivity index (χ3n) is 2.44. The molecule has 0 aliphatic heterocycles. The second kappa shape index (κ2) is 5.30. The Hall–Kier alpha value is -1.09. The number of halogens is 1. The molecule has 1 unspecified atom stereocenters. The number of methoxy groups -OCH3 is 2. The highest BCUT2D eigenvalue weighted by Gasteiger charge is 2.23. The molecule has 0 aliphatic carbocycles. The van der Waals surface area contributed by atoms with Gasteiger partial charge < -0.3 is 9.47 Å². The van der Waals surface area contributed by atoms with Crippen molar-refractivity contribution in [3.63, 3.8) is 0 Å². The summed E-state index contributed by atoms with van der Waals surface area (Å²) in [6.45, 7) is 3.12. The minimum Gasteiger partial charge on any atom is -0.497 e. The van der Waals surface area contributed by atoms with E-state index in [1.807, 2.05) is 24.3 Å². The van der Waals surface area contributed by atoms with Crippen LogP contribution in [0.3, 0.4) is 0 Å². The van der Waals surface area contributed by atoms with E-state index < -0.39 is 5.67 Å². The zero-order valence-electron chi connectivity index (χ0n) is 10.3. The predicted octanol–water partition coefficient (Wildman–Crippen LogP) is 3.52. The van der Waals surface area contributed by atoms with Crippen LogP contribution in [-0.2, 0) is 4.74 Å². The second-order valence-corrected chi connectivity index (χ2v) is 4.42. The Morgan fingerprint density at radius 2 is 1.75 bits per heavy atom. The standard InChI is InChI=1S/C13H19FO2/c1-13(2,14)9-12(16-4)10-5-7-11(15-3)8-6-10/h5-8,12H,9H2,1-4H3. The summed E-state index contributed by atoms with van der Waals surface area (Å²) in [5.41, 5.74) is -0.269. The van der Waals surface area contributed by atoms with Gasteiger partial charge in [0.15, 0.2) is 0 Å². The molecule has 1 aromatic carbocycles. The molecule has 0 aliphatic rings. The summed E-state index contributed by atoms with van der Waals surface area (Å²) in [6.07, 6.45) is 0.126. The maximum atomic E-state index is 13.6. The van der Waals surface area contributed by atoms with Crippen LogP contribution in [0.25, 0.3) is 0 Å². The van der Waals surface area contributed by atoms with E-state index in [1.54, 1.807) is 28.1 Å².